The van der Waals surface area contributed by atoms with Gasteiger partial charge in [0.05, 0.1) is 10.2 Å². The molecule has 16 heavy (non-hydrogen) atoms. The van der Waals surface area contributed by atoms with Crippen LogP contribution in [0.3, 0.4) is 0 Å². The minimum atomic E-state index is 0.0238. The second-order valence-corrected chi connectivity index (χ2v) is 4.45. The molecule has 1 aromatic rings. The molecule has 0 saturated heterocycles. The van der Waals surface area contributed by atoms with Crippen molar-refractivity contribution in [2.45, 2.75) is 26.7 Å². The van der Waals surface area contributed by atoms with E-state index in [9.17, 15) is 4.79 Å². The Morgan fingerprint density at radius 1 is 1.38 bits per heavy atom. The summed E-state index contributed by atoms with van der Waals surface area (Å²) in [5.41, 5.74) is 1.81. The van der Waals surface area contributed by atoms with E-state index < -0.39 is 0 Å². The Morgan fingerprint density at radius 3 is 2.62 bits per heavy atom. The van der Waals surface area contributed by atoms with Gasteiger partial charge >= 0.3 is 0 Å². The SMILES string of the molecule is CCc1c(NCCCN(C)CC)c(=O)c1=S. The summed E-state index contributed by atoms with van der Waals surface area (Å²) in [4.78, 5) is 13.7. The maximum absolute atomic E-state index is 11.4. The summed E-state index contributed by atoms with van der Waals surface area (Å²) in [5.74, 6) is 0. The molecule has 0 atom stereocenters. The van der Waals surface area contributed by atoms with Crippen molar-refractivity contribution in [1.82, 2.24) is 4.90 Å². The lowest BCUT2D eigenvalue weighted by Crippen LogP contribution is -2.24. The van der Waals surface area contributed by atoms with Crippen molar-refractivity contribution < 1.29 is 0 Å². The summed E-state index contributed by atoms with van der Waals surface area (Å²) in [6.45, 7) is 7.12. The lowest BCUT2D eigenvalue weighted by Gasteiger charge is -2.16. The monoisotopic (exact) mass is 240 g/mol. The van der Waals surface area contributed by atoms with Crippen LogP contribution in [0.1, 0.15) is 25.8 Å². The fourth-order valence-electron chi connectivity index (χ4n) is 1.68. The first-order valence-electron chi connectivity index (χ1n) is 5.86. The molecule has 3 nitrogen and oxygen atoms in total. The average Bonchev–Trinajstić information content (AvgIpc) is 2.31. The topological polar surface area (TPSA) is 32.3 Å². The fourth-order valence-corrected chi connectivity index (χ4v) is 2.03. The Hall–Kier alpha value is -0.740. The first-order chi connectivity index (χ1) is 7.61. The van der Waals surface area contributed by atoms with Crippen LogP contribution < -0.4 is 10.7 Å². The van der Waals surface area contributed by atoms with Gasteiger partial charge in [0.25, 0.3) is 0 Å². The molecular weight excluding hydrogens is 220 g/mol. The van der Waals surface area contributed by atoms with E-state index in [1.807, 2.05) is 6.92 Å². The van der Waals surface area contributed by atoms with Crippen molar-refractivity contribution in [3.63, 3.8) is 0 Å². The number of rotatable bonds is 7. The van der Waals surface area contributed by atoms with E-state index in [0.717, 1.165) is 43.7 Å². The molecule has 0 aliphatic rings. The second-order valence-electron chi connectivity index (χ2n) is 4.04. The molecule has 0 fully saturated rings. The van der Waals surface area contributed by atoms with Crippen molar-refractivity contribution in [1.29, 1.82) is 0 Å². The van der Waals surface area contributed by atoms with Gasteiger partial charge < -0.3 is 10.2 Å². The van der Waals surface area contributed by atoms with Crippen LogP contribution in [-0.2, 0) is 6.42 Å². The van der Waals surface area contributed by atoms with Gasteiger partial charge in [0, 0.05) is 12.1 Å². The predicted molar refractivity (Wildman–Crippen MR) is 71.6 cm³/mol. The largest absolute Gasteiger partial charge is 0.382 e. The number of hydrogen-bond donors (Lipinski definition) is 1. The van der Waals surface area contributed by atoms with Crippen LogP contribution in [0.2, 0.25) is 0 Å². The van der Waals surface area contributed by atoms with E-state index in [0.29, 0.717) is 4.51 Å². The molecule has 0 spiro atoms. The molecule has 0 aliphatic carbocycles. The minimum Gasteiger partial charge on any atom is -0.382 e. The number of anilines is 1. The van der Waals surface area contributed by atoms with Crippen molar-refractivity contribution in [3.05, 3.63) is 20.3 Å². The molecule has 0 aromatic heterocycles. The molecule has 0 radical (unpaired) electrons. The van der Waals surface area contributed by atoms with Crippen LogP contribution in [0.5, 0.6) is 0 Å². The Morgan fingerprint density at radius 2 is 2.06 bits per heavy atom. The maximum atomic E-state index is 11.4. The summed E-state index contributed by atoms with van der Waals surface area (Å²) < 4.78 is 0.524. The maximum Gasteiger partial charge on any atom is 0.220 e. The molecular formula is C12H20N2OS. The first-order valence-corrected chi connectivity index (χ1v) is 6.27. The van der Waals surface area contributed by atoms with Crippen molar-refractivity contribution in [2.24, 2.45) is 0 Å². The van der Waals surface area contributed by atoms with Crippen LogP contribution in [0, 0.1) is 4.51 Å². The van der Waals surface area contributed by atoms with E-state index in [-0.39, 0.29) is 5.43 Å². The quantitative estimate of drug-likeness (QED) is 0.583. The number of hydrogen-bond acceptors (Lipinski definition) is 4. The van der Waals surface area contributed by atoms with Gasteiger partial charge in [-0.15, -0.1) is 0 Å². The minimum absolute atomic E-state index is 0.0238. The molecule has 1 N–H and O–H groups in total. The number of nitrogens with one attached hydrogen (secondary N) is 1. The van der Waals surface area contributed by atoms with E-state index in [1.54, 1.807) is 0 Å². The molecule has 0 aliphatic heterocycles. The third-order valence-corrected chi connectivity index (χ3v) is 3.35. The van der Waals surface area contributed by atoms with Crippen LogP contribution in [-0.4, -0.2) is 31.6 Å². The molecule has 0 unspecified atom stereocenters. The molecule has 1 aromatic carbocycles. The Kier molecular flexibility index (Phi) is 5.09. The molecule has 4 heteroatoms. The van der Waals surface area contributed by atoms with Gasteiger partial charge in [-0.3, -0.25) is 4.79 Å². The van der Waals surface area contributed by atoms with Crippen LogP contribution >= 0.6 is 12.2 Å². The standard InChI is InChI=1S/C12H20N2OS/c1-4-9-10(11(15)12(9)16)13-7-6-8-14(3)5-2/h13H,4-8H2,1-3H3. The second kappa shape index (κ2) is 6.11. The van der Waals surface area contributed by atoms with E-state index in [4.69, 9.17) is 12.2 Å². The first kappa shape index (κ1) is 13.3. The summed E-state index contributed by atoms with van der Waals surface area (Å²) >= 11 is 4.99. The Bertz CT molecular complexity index is 407. The molecule has 90 valence electrons. The van der Waals surface area contributed by atoms with Crippen molar-refractivity contribution >= 4 is 17.9 Å². The van der Waals surface area contributed by atoms with Gasteiger partial charge in [0.1, 0.15) is 0 Å². The zero-order chi connectivity index (χ0) is 12.1. The van der Waals surface area contributed by atoms with E-state index in [2.05, 4.69) is 24.2 Å². The number of nitrogens with zero attached hydrogens (tertiary/aromatic N) is 1. The van der Waals surface area contributed by atoms with E-state index in [1.165, 1.54) is 0 Å². The lowest BCUT2D eigenvalue weighted by molar-refractivity contribution is 0.351. The predicted octanol–water partition coefficient (Wildman–Crippen LogP) is 1.97. The summed E-state index contributed by atoms with van der Waals surface area (Å²) in [6, 6.07) is 0. The fraction of sp³-hybridized carbons (Fsp3) is 0.667. The highest BCUT2D eigenvalue weighted by molar-refractivity contribution is 7.71. The van der Waals surface area contributed by atoms with E-state index >= 15 is 0 Å². The zero-order valence-corrected chi connectivity index (χ0v) is 11.1. The van der Waals surface area contributed by atoms with Gasteiger partial charge in [0.15, 0.2) is 0 Å². The summed E-state index contributed by atoms with van der Waals surface area (Å²) in [6.07, 6.45) is 1.90. The van der Waals surface area contributed by atoms with Gasteiger partial charge in [-0.1, -0.05) is 26.1 Å². The van der Waals surface area contributed by atoms with Crippen molar-refractivity contribution in [3.8, 4) is 0 Å². The molecule has 0 saturated carbocycles. The van der Waals surface area contributed by atoms with Crippen molar-refractivity contribution in [2.75, 3.05) is 32.0 Å². The normalized spacial score (nSPS) is 11.2. The highest BCUT2D eigenvalue weighted by Gasteiger charge is 2.14. The smallest absolute Gasteiger partial charge is 0.220 e. The van der Waals surface area contributed by atoms with Gasteiger partial charge in [0.2, 0.25) is 5.43 Å². The van der Waals surface area contributed by atoms with Crippen LogP contribution in [0.4, 0.5) is 5.69 Å². The van der Waals surface area contributed by atoms with Gasteiger partial charge in [-0.25, -0.2) is 0 Å². The van der Waals surface area contributed by atoms with Gasteiger partial charge in [-0.05, 0) is 33.0 Å². The average molecular weight is 240 g/mol. The van der Waals surface area contributed by atoms with Crippen LogP contribution in [0.25, 0.3) is 0 Å². The lowest BCUT2D eigenvalue weighted by atomic mass is 10.1. The molecule has 0 bridgehead atoms. The summed E-state index contributed by atoms with van der Waals surface area (Å²) in [7, 11) is 2.10. The highest BCUT2D eigenvalue weighted by Crippen LogP contribution is 2.16. The Balaban J connectivity index is 2.36. The van der Waals surface area contributed by atoms with Gasteiger partial charge in [-0.2, -0.15) is 0 Å². The third-order valence-electron chi connectivity index (χ3n) is 2.92. The molecule has 0 amide bonds. The van der Waals surface area contributed by atoms with Crippen LogP contribution in [0.15, 0.2) is 4.79 Å². The Labute approximate surface area is 102 Å². The third kappa shape index (κ3) is 2.89. The highest BCUT2D eigenvalue weighted by atomic mass is 32.1. The zero-order valence-electron chi connectivity index (χ0n) is 10.3. The molecule has 0 heterocycles. The summed E-state index contributed by atoms with van der Waals surface area (Å²) in [5, 5.41) is 3.20. The molecule has 1 rings (SSSR count).